The van der Waals surface area contributed by atoms with Gasteiger partial charge in [0.15, 0.2) is 0 Å². The van der Waals surface area contributed by atoms with Gasteiger partial charge in [-0.05, 0) is 29.7 Å². The number of aryl methyl sites for hydroxylation is 1. The summed E-state index contributed by atoms with van der Waals surface area (Å²) in [5, 5.41) is 10.7. The lowest BCUT2D eigenvalue weighted by Gasteiger charge is -2.14. The van der Waals surface area contributed by atoms with Crippen LogP contribution in [0.4, 0.5) is 4.39 Å². The van der Waals surface area contributed by atoms with E-state index < -0.39 is 6.10 Å². The molecule has 0 aliphatic rings. The Bertz CT molecular complexity index is 554. The highest BCUT2D eigenvalue weighted by Crippen LogP contribution is 2.28. The van der Waals surface area contributed by atoms with Crippen LogP contribution in [-0.4, -0.2) is 5.11 Å². The number of hydrogen-bond acceptors (Lipinski definition) is 1. The minimum atomic E-state index is -0.797. The lowest BCUT2D eigenvalue weighted by atomic mass is 9.99. The second-order valence-electron chi connectivity index (χ2n) is 4.29. The molecule has 3 heteroatoms. The predicted octanol–water partition coefficient (Wildman–Crippen LogP) is 4.06. The molecule has 2 aromatic carbocycles. The maximum Gasteiger partial charge on any atom is 0.126 e. The molecular weight excluding hydrogens is 251 g/mol. The SMILES string of the molecule is Cc1cccc(C(O)Cc2ccccc2F)c1Cl. The lowest BCUT2D eigenvalue weighted by Crippen LogP contribution is -2.04. The van der Waals surface area contributed by atoms with Crippen LogP contribution >= 0.6 is 11.6 Å². The van der Waals surface area contributed by atoms with Crippen LogP contribution < -0.4 is 0 Å². The molecule has 0 saturated heterocycles. The van der Waals surface area contributed by atoms with E-state index in [2.05, 4.69) is 0 Å². The minimum absolute atomic E-state index is 0.218. The molecule has 0 amide bonds. The third kappa shape index (κ3) is 2.71. The molecule has 0 bridgehead atoms. The zero-order chi connectivity index (χ0) is 13.1. The molecule has 1 nitrogen and oxygen atoms in total. The molecular formula is C15H14ClFO. The second-order valence-corrected chi connectivity index (χ2v) is 4.67. The molecule has 1 unspecified atom stereocenters. The van der Waals surface area contributed by atoms with E-state index in [1.54, 1.807) is 24.3 Å². The Morgan fingerprint density at radius 2 is 1.89 bits per heavy atom. The van der Waals surface area contributed by atoms with E-state index in [0.29, 0.717) is 16.1 Å². The van der Waals surface area contributed by atoms with Crippen molar-refractivity contribution in [3.63, 3.8) is 0 Å². The van der Waals surface area contributed by atoms with Gasteiger partial charge in [-0.25, -0.2) is 4.39 Å². The maximum absolute atomic E-state index is 13.5. The molecule has 1 N–H and O–H groups in total. The fourth-order valence-corrected chi connectivity index (χ4v) is 2.16. The molecule has 0 heterocycles. The van der Waals surface area contributed by atoms with E-state index in [1.165, 1.54) is 6.07 Å². The van der Waals surface area contributed by atoms with Gasteiger partial charge in [-0.1, -0.05) is 48.0 Å². The van der Waals surface area contributed by atoms with Crippen molar-refractivity contribution in [2.24, 2.45) is 0 Å². The van der Waals surface area contributed by atoms with Crippen molar-refractivity contribution in [1.82, 2.24) is 0 Å². The molecule has 0 saturated carbocycles. The van der Waals surface area contributed by atoms with E-state index >= 15 is 0 Å². The fraction of sp³-hybridized carbons (Fsp3) is 0.200. The van der Waals surface area contributed by atoms with Crippen LogP contribution in [0.5, 0.6) is 0 Å². The van der Waals surface area contributed by atoms with E-state index in [9.17, 15) is 9.50 Å². The highest BCUT2D eigenvalue weighted by Gasteiger charge is 2.15. The number of halogens is 2. The summed E-state index contributed by atoms with van der Waals surface area (Å²) >= 11 is 6.14. The Labute approximate surface area is 111 Å². The van der Waals surface area contributed by atoms with Crippen LogP contribution in [0.2, 0.25) is 5.02 Å². The number of aliphatic hydroxyl groups excluding tert-OH is 1. The highest BCUT2D eigenvalue weighted by atomic mass is 35.5. The van der Waals surface area contributed by atoms with Crippen molar-refractivity contribution in [2.75, 3.05) is 0 Å². The molecule has 2 aromatic rings. The summed E-state index contributed by atoms with van der Waals surface area (Å²) in [6, 6.07) is 11.9. The number of benzene rings is 2. The van der Waals surface area contributed by atoms with Crippen molar-refractivity contribution in [3.8, 4) is 0 Å². The van der Waals surface area contributed by atoms with E-state index in [4.69, 9.17) is 11.6 Å². The van der Waals surface area contributed by atoms with Crippen LogP contribution in [-0.2, 0) is 6.42 Å². The van der Waals surface area contributed by atoms with Gasteiger partial charge >= 0.3 is 0 Å². The summed E-state index contributed by atoms with van der Waals surface area (Å²) in [6.45, 7) is 1.88. The molecule has 0 aromatic heterocycles. The van der Waals surface area contributed by atoms with Gasteiger partial charge in [-0.3, -0.25) is 0 Å². The topological polar surface area (TPSA) is 20.2 Å². The van der Waals surface area contributed by atoms with Gasteiger partial charge in [0.1, 0.15) is 5.82 Å². The summed E-state index contributed by atoms with van der Waals surface area (Å²) in [6.07, 6.45) is -0.579. The summed E-state index contributed by atoms with van der Waals surface area (Å²) in [7, 11) is 0. The van der Waals surface area contributed by atoms with Crippen molar-refractivity contribution in [1.29, 1.82) is 0 Å². The Morgan fingerprint density at radius 1 is 1.17 bits per heavy atom. The fourth-order valence-electron chi connectivity index (χ4n) is 1.91. The van der Waals surface area contributed by atoms with Gasteiger partial charge < -0.3 is 5.11 Å². The lowest BCUT2D eigenvalue weighted by molar-refractivity contribution is 0.177. The van der Waals surface area contributed by atoms with Gasteiger partial charge in [0.2, 0.25) is 0 Å². The first-order valence-electron chi connectivity index (χ1n) is 5.76. The van der Waals surface area contributed by atoms with Gasteiger partial charge in [0.25, 0.3) is 0 Å². The van der Waals surface area contributed by atoms with Crippen molar-refractivity contribution in [2.45, 2.75) is 19.4 Å². The average molecular weight is 265 g/mol. The Hall–Kier alpha value is -1.38. The number of hydrogen-bond donors (Lipinski definition) is 1. The normalized spacial score (nSPS) is 12.4. The molecule has 1 atom stereocenters. The second kappa shape index (κ2) is 5.51. The Morgan fingerprint density at radius 3 is 2.61 bits per heavy atom. The summed E-state index contributed by atoms with van der Waals surface area (Å²) in [5.74, 6) is -0.305. The first-order valence-corrected chi connectivity index (χ1v) is 6.14. The van der Waals surface area contributed by atoms with Crippen molar-refractivity contribution < 1.29 is 9.50 Å². The molecule has 0 spiro atoms. The average Bonchev–Trinajstić information content (AvgIpc) is 2.35. The standard InChI is InChI=1S/C15H14ClFO/c1-10-5-4-7-12(15(10)16)14(18)9-11-6-2-3-8-13(11)17/h2-8,14,18H,9H2,1H3. The van der Waals surface area contributed by atoms with Gasteiger partial charge in [0.05, 0.1) is 6.10 Å². The zero-order valence-electron chi connectivity index (χ0n) is 10.0. The Kier molecular flexibility index (Phi) is 4.00. The summed E-state index contributed by atoms with van der Waals surface area (Å²) in [5.41, 5.74) is 2.03. The third-order valence-corrected chi connectivity index (χ3v) is 3.47. The van der Waals surface area contributed by atoms with Crippen LogP contribution in [0.1, 0.15) is 22.8 Å². The third-order valence-electron chi connectivity index (χ3n) is 2.95. The minimum Gasteiger partial charge on any atom is -0.388 e. The molecule has 2 rings (SSSR count). The first-order chi connectivity index (χ1) is 8.59. The van der Waals surface area contributed by atoms with Crippen molar-refractivity contribution in [3.05, 3.63) is 70.0 Å². The van der Waals surface area contributed by atoms with Crippen LogP contribution in [0.25, 0.3) is 0 Å². The van der Waals surface area contributed by atoms with E-state index in [0.717, 1.165) is 5.56 Å². The van der Waals surface area contributed by atoms with E-state index in [1.807, 2.05) is 19.1 Å². The van der Waals surface area contributed by atoms with Gasteiger partial charge in [0, 0.05) is 11.4 Å². The Balaban J connectivity index is 2.25. The summed E-state index contributed by atoms with van der Waals surface area (Å²) in [4.78, 5) is 0. The number of rotatable bonds is 3. The largest absolute Gasteiger partial charge is 0.388 e. The van der Waals surface area contributed by atoms with Crippen molar-refractivity contribution >= 4 is 11.6 Å². The van der Waals surface area contributed by atoms with Crippen LogP contribution in [0.3, 0.4) is 0 Å². The smallest absolute Gasteiger partial charge is 0.126 e. The highest BCUT2D eigenvalue weighted by molar-refractivity contribution is 6.32. The molecule has 0 aliphatic carbocycles. The maximum atomic E-state index is 13.5. The zero-order valence-corrected chi connectivity index (χ0v) is 10.8. The summed E-state index contributed by atoms with van der Waals surface area (Å²) < 4.78 is 13.5. The monoisotopic (exact) mass is 264 g/mol. The van der Waals surface area contributed by atoms with Gasteiger partial charge in [-0.2, -0.15) is 0 Å². The predicted molar refractivity (Wildman–Crippen MR) is 71.3 cm³/mol. The quantitative estimate of drug-likeness (QED) is 0.886. The number of aliphatic hydroxyl groups is 1. The van der Waals surface area contributed by atoms with Crippen LogP contribution in [0.15, 0.2) is 42.5 Å². The van der Waals surface area contributed by atoms with Crippen LogP contribution in [0, 0.1) is 12.7 Å². The first kappa shape index (κ1) is 13.1. The molecule has 0 fully saturated rings. The van der Waals surface area contributed by atoms with E-state index in [-0.39, 0.29) is 12.2 Å². The molecule has 18 heavy (non-hydrogen) atoms. The molecule has 0 aliphatic heterocycles. The molecule has 94 valence electrons. The molecule has 0 radical (unpaired) electrons. The van der Waals surface area contributed by atoms with Gasteiger partial charge in [-0.15, -0.1) is 0 Å².